The second-order valence-electron chi connectivity index (χ2n) is 5.70. The van der Waals surface area contributed by atoms with E-state index in [4.69, 9.17) is 0 Å². The average molecular weight is 349 g/mol. The van der Waals surface area contributed by atoms with Crippen molar-refractivity contribution >= 4 is 23.6 Å². The molecule has 0 spiro atoms. The molecule has 1 aliphatic heterocycles. The van der Waals surface area contributed by atoms with E-state index in [0.717, 1.165) is 31.3 Å². The normalized spacial score (nSPS) is 18.3. The van der Waals surface area contributed by atoms with E-state index < -0.39 is 0 Å². The van der Waals surface area contributed by atoms with Gasteiger partial charge >= 0.3 is 0 Å². The largest absolute Gasteiger partial charge is 0.357 e. The van der Waals surface area contributed by atoms with Gasteiger partial charge in [-0.15, -0.1) is 0 Å². The van der Waals surface area contributed by atoms with Gasteiger partial charge in [0, 0.05) is 42.7 Å². The summed E-state index contributed by atoms with van der Waals surface area (Å²) in [6, 6.07) is 9.28. The van der Waals surface area contributed by atoms with Crippen molar-refractivity contribution in [2.45, 2.75) is 25.5 Å². The first kappa shape index (κ1) is 18.6. The quantitative estimate of drug-likeness (QED) is 0.470. The van der Waals surface area contributed by atoms with Crippen molar-refractivity contribution in [3.63, 3.8) is 0 Å². The molecule has 5 nitrogen and oxygen atoms in total. The zero-order valence-corrected chi connectivity index (χ0v) is 15.4. The molecule has 132 valence electrons. The molecule has 1 fully saturated rings. The highest BCUT2D eigenvalue weighted by Crippen LogP contribution is 2.20. The fraction of sp³-hybridized carbons (Fsp3) is 0.556. The SMILES string of the molecule is CCNC(=NCCNC(=O)c1ccccc1)N1CCSC(CC)C1. The number of carbonyl (C=O) groups excluding carboxylic acids is 1. The van der Waals surface area contributed by atoms with Crippen LogP contribution in [0.5, 0.6) is 0 Å². The zero-order chi connectivity index (χ0) is 17.2. The Hall–Kier alpha value is -1.69. The standard InChI is InChI=1S/C18H28N4OS/c1-3-16-14-22(12-13-24-16)18(19-4-2)21-11-10-20-17(23)15-8-6-5-7-9-15/h5-9,16H,3-4,10-14H2,1-2H3,(H,19,21)(H,20,23). The number of hydrogen-bond donors (Lipinski definition) is 2. The minimum absolute atomic E-state index is 0.0452. The Morgan fingerprint density at radius 2 is 2.08 bits per heavy atom. The third-order valence-corrected chi connectivity index (χ3v) is 5.30. The van der Waals surface area contributed by atoms with E-state index in [2.05, 4.69) is 46.1 Å². The summed E-state index contributed by atoms with van der Waals surface area (Å²) in [5.41, 5.74) is 0.687. The van der Waals surface area contributed by atoms with E-state index in [9.17, 15) is 4.79 Å². The van der Waals surface area contributed by atoms with Crippen molar-refractivity contribution in [1.82, 2.24) is 15.5 Å². The summed E-state index contributed by atoms with van der Waals surface area (Å²) in [5, 5.41) is 6.97. The van der Waals surface area contributed by atoms with Gasteiger partial charge in [0.05, 0.1) is 6.54 Å². The molecule has 0 aliphatic carbocycles. The lowest BCUT2D eigenvalue weighted by Crippen LogP contribution is -2.48. The number of benzene rings is 1. The van der Waals surface area contributed by atoms with Crippen LogP contribution in [0.1, 0.15) is 30.6 Å². The topological polar surface area (TPSA) is 56.7 Å². The van der Waals surface area contributed by atoms with Gasteiger partial charge in [-0.2, -0.15) is 11.8 Å². The van der Waals surface area contributed by atoms with Crippen LogP contribution in [0, 0.1) is 0 Å². The van der Waals surface area contributed by atoms with Crippen molar-refractivity contribution < 1.29 is 4.79 Å². The van der Waals surface area contributed by atoms with Gasteiger partial charge in [0.25, 0.3) is 5.91 Å². The molecular formula is C18H28N4OS. The fourth-order valence-electron chi connectivity index (χ4n) is 2.61. The number of hydrogen-bond acceptors (Lipinski definition) is 3. The third-order valence-electron chi connectivity index (χ3n) is 3.92. The number of guanidine groups is 1. The highest BCUT2D eigenvalue weighted by atomic mass is 32.2. The maximum Gasteiger partial charge on any atom is 0.251 e. The van der Waals surface area contributed by atoms with Crippen LogP contribution in [0.4, 0.5) is 0 Å². The van der Waals surface area contributed by atoms with Crippen LogP contribution >= 0.6 is 11.8 Å². The van der Waals surface area contributed by atoms with Gasteiger partial charge in [0.1, 0.15) is 0 Å². The van der Waals surface area contributed by atoms with Crippen molar-refractivity contribution in [2.24, 2.45) is 4.99 Å². The third kappa shape index (κ3) is 5.74. The lowest BCUT2D eigenvalue weighted by Gasteiger charge is -2.34. The van der Waals surface area contributed by atoms with Gasteiger partial charge in [-0.05, 0) is 25.5 Å². The molecule has 2 N–H and O–H groups in total. The predicted molar refractivity (Wildman–Crippen MR) is 103 cm³/mol. The molecule has 0 bridgehead atoms. The highest BCUT2D eigenvalue weighted by Gasteiger charge is 2.21. The van der Waals surface area contributed by atoms with Gasteiger partial charge < -0.3 is 15.5 Å². The number of amides is 1. The monoisotopic (exact) mass is 348 g/mol. The lowest BCUT2D eigenvalue weighted by molar-refractivity contribution is 0.0955. The molecule has 2 rings (SSSR count). The molecule has 1 aromatic carbocycles. The van der Waals surface area contributed by atoms with Crippen molar-refractivity contribution in [3.05, 3.63) is 35.9 Å². The maximum atomic E-state index is 12.0. The Kier molecular flexibility index (Phi) is 7.95. The molecule has 24 heavy (non-hydrogen) atoms. The molecule has 1 aliphatic rings. The first-order valence-electron chi connectivity index (χ1n) is 8.72. The summed E-state index contributed by atoms with van der Waals surface area (Å²) in [6.07, 6.45) is 1.19. The second kappa shape index (κ2) is 10.2. The molecular weight excluding hydrogens is 320 g/mol. The second-order valence-corrected chi connectivity index (χ2v) is 7.11. The number of aliphatic imine (C=N–C) groups is 1. The Morgan fingerprint density at radius 3 is 2.79 bits per heavy atom. The summed E-state index contributed by atoms with van der Waals surface area (Å²) in [7, 11) is 0. The van der Waals surface area contributed by atoms with Gasteiger partial charge in [0.15, 0.2) is 5.96 Å². The van der Waals surface area contributed by atoms with Crippen LogP contribution in [0.3, 0.4) is 0 Å². The van der Waals surface area contributed by atoms with Crippen LogP contribution in [-0.4, -0.2) is 60.5 Å². The van der Waals surface area contributed by atoms with E-state index in [1.807, 2.05) is 30.3 Å². The van der Waals surface area contributed by atoms with Gasteiger partial charge in [0.2, 0.25) is 0 Å². The minimum atomic E-state index is -0.0452. The molecule has 1 aromatic rings. The van der Waals surface area contributed by atoms with E-state index in [1.165, 1.54) is 6.42 Å². The minimum Gasteiger partial charge on any atom is -0.357 e. The smallest absolute Gasteiger partial charge is 0.251 e. The van der Waals surface area contributed by atoms with Gasteiger partial charge in [-0.3, -0.25) is 9.79 Å². The van der Waals surface area contributed by atoms with Crippen molar-refractivity contribution in [1.29, 1.82) is 0 Å². The first-order valence-corrected chi connectivity index (χ1v) is 9.77. The maximum absolute atomic E-state index is 12.0. The molecule has 0 aromatic heterocycles. The Bertz CT molecular complexity index is 535. The number of nitrogens with zero attached hydrogens (tertiary/aromatic N) is 2. The van der Waals surface area contributed by atoms with E-state index in [0.29, 0.717) is 23.9 Å². The Morgan fingerprint density at radius 1 is 1.29 bits per heavy atom. The van der Waals surface area contributed by atoms with Gasteiger partial charge in [-0.1, -0.05) is 25.1 Å². The molecule has 1 atom stereocenters. The number of nitrogens with one attached hydrogen (secondary N) is 2. The van der Waals surface area contributed by atoms with Crippen LogP contribution < -0.4 is 10.6 Å². The molecule has 0 radical (unpaired) electrons. The number of rotatable bonds is 6. The Balaban J connectivity index is 1.83. The summed E-state index contributed by atoms with van der Waals surface area (Å²) >= 11 is 2.05. The van der Waals surface area contributed by atoms with E-state index in [-0.39, 0.29) is 5.91 Å². The average Bonchev–Trinajstić information content (AvgIpc) is 2.64. The first-order chi connectivity index (χ1) is 11.7. The number of thioether (sulfide) groups is 1. The summed E-state index contributed by atoms with van der Waals surface area (Å²) in [6.45, 7) is 8.39. The molecule has 1 amide bonds. The molecule has 1 heterocycles. The molecule has 1 saturated heterocycles. The molecule has 6 heteroatoms. The van der Waals surface area contributed by atoms with Crippen molar-refractivity contribution in [2.75, 3.05) is 38.5 Å². The summed E-state index contributed by atoms with van der Waals surface area (Å²) in [5.74, 6) is 2.06. The lowest BCUT2D eigenvalue weighted by atomic mass is 10.2. The van der Waals surface area contributed by atoms with Crippen LogP contribution in [0.2, 0.25) is 0 Å². The van der Waals surface area contributed by atoms with Crippen LogP contribution in [0.15, 0.2) is 35.3 Å². The Labute approximate surface area is 149 Å². The van der Waals surface area contributed by atoms with E-state index >= 15 is 0 Å². The summed E-state index contributed by atoms with van der Waals surface area (Å²) < 4.78 is 0. The zero-order valence-electron chi connectivity index (χ0n) is 14.6. The van der Waals surface area contributed by atoms with Gasteiger partial charge in [-0.25, -0.2) is 0 Å². The molecule has 0 saturated carbocycles. The predicted octanol–water partition coefficient (Wildman–Crippen LogP) is 2.21. The van der Waals surface area contributed by atoms with Crippen LogP contribution in [-0.2, 0) is 0 Å². The van der Waals surface area contributed by atoms with E-state index in [1.54, 1.807) is 0 Å². The highest BCUT2D eigenvalue weighted by molar-refractivity contribution is 8.00. The molecule has 1 unspecified atom stereocenters. The van der Waals surface area contributed by atoms with Crippen LogP contribution in [0.25, 0.3) is 0 Å². The van der Waals surface area contributed by atoms with Crippen molar-refractivity contribution in [3.8, 4) is 0 Å². The fourth-order valence-corrected chi connectivity index (χ4v) is 3.79. The number of carbonyl (C=O) groups is 1. The summed E-state index contributed by atoms with van der Waals surface area (Å²) in [4.78, 5) is 19.0.